The van der Waals surface area contributed by atoms with Crippen molar-refractivity contribution in [3.8, 4) is 22.9 Å². The Hall–Kier alpha value is -6.57. The standard InChI is InChI=1S/C55H58FN7O5/c1-34(30-60-23-25-66-26-24-60)67-52-57-49-43(51(58-52)61-31-41-27-40(61)32-62(41)53(65)68-54(3,4)5)28-42(36-21-22-36)48(50(49)64)47-35(2)45(56)29-46-44(47)33-63(59-46)55(37-15-9-6-10-16-37,38-17-11-7-12-18-38)39-19-13-8-14-20-39/h6-20,28-29,33-34,36,40-41,64H,21-27,30-32H2,1-5H3/t34-,40+,41+/m1/s1. The maximum atomic E-state index is 16.8. The van der Waals surface area contributed by atoms with Gasteiger partial charge in [0.05, 0.1) is 30.8 Å². The summed E-state index contributed by atoms with van der Waals surface area (Å²) in [6.07, 6.45) is 4.03. The molecule has 13 heteroatoms. The first-order valence-electron chi connectivity index (χ1n) is 24.0. The van der Waals surface area contributed by atoms with E-state index in [1.165, 1.54) is 6.07 Å². The van der Waals surface area contributed by atoms with E-state index in [-0.39, 0.29) is 42.0 Å². The minimum absolute atomic E-state index is 0.0366. The Morgan fingerprint density at radius 3 is 2.06 bits per heavy atom. The third-order valence-corrected chi connectivity index (χ3v) is 14.2. The Morgan fingerprint density at radius 1 is 0.853 bits per heavy atom. The maximum Gasteiger partial charge on any atom is 0.410 e. The van der Waals surface area contributed by atoms with Crippen molar-refractivity contribution >= 4 is 33.7 Å². The Balaban J connectivity index is 1.10. The summed E-state index contributed by atoms with van der Waals surface area (Å²) in [7, 11) is 0. The number of benzene rings is 5. The lowest BCUT2D eigenvalue weighted by Crippen LogP contribution is -2.50. The smallest absolute Gasteiger partial charge is 0.410 e. The predicted octanol–water partition coefficient (Wildman–Crippen LogP) is 9.81. The minimum atomic E-state index is -0.949. The number of aromatic hydroxyl groups is 1. The number of ether oxygens (including phenoxy) is 3. The molecular weight excluding hydrogens is 858 g/mol. The number of anilines is 1. The number of carbonyl (C=O) groups is 1. The highest BCUT2D eigenvalue weighted by Gasteiger charge is 2.48. The summed E-state index contributed by atoms with van der Waals surface area (Å²) in [6.45, 7) is 14.0. The quantitative estimate of drug-likeness (QED) is 0.126. The van der Waals surface area contributed by atoms with Crippen LogP contribution in [0.2, 0.25) is 0 Å². The number of hydrogen-bond donors (Lipinski definition) is 1. The third-order valence-electron chi connectivity index (χ3n) is 14.2. The molecule has 7 aromatic rings. The SMILES string of the molecule is Cc1c(F)cc2nn(C(c3ccccc3)(c3ccccc3)c3ccccc3)cc2c1-c1c(C2CC2)cc2c(N3C[C@@H]4C[C@H]3CN4C(=O)OC(C)(C)C)nc(O[C@H](C)CN3CCOCC3)nc2c1O. The molecule has 2 aromatic heterocycles. The zero-order valence-electron chi connectivity index (χ0n) is 39.4. The summed E-state index contributed by atoms with van der Waals surface area (Å²) >= 11 is 0. The van der Waals surface area contributed by atoms with Crippen LogP contribution in [0.15, 0.2) is 109 Å². The van der Waals surface area contributed by atoms with Crippen LogP contribution in [0, 0.1) is 12.7 Å². The average Bonchev–Trinajstić information content (AvgIpc) is 3.77. The van der Waals surface area contributed by atoms with Gasteiger partial charge in [-0.15, -0.1) is 0 Å². The number of carbonyl (C=O) groups excluding carboxylic acids is 1. The van der Waals surface area contributed by atoms with Crippen molar-refractivity contribution in [2.24, 2.45) is 0 Å². The molecule has 3 aliphatic heterocycles. The lowest BCUT2D eigenvalue weighted by atomic mass is 9.77. The molecule has 2 bridgehead atoms. The summed E-state index contributed by atoms with van der Waals surface area (Å²) < 4.78 is 36.7. The molecule has 1 N–H and O–H groups in total. The molecule has 5 aromatic carbocycles. The van der Waals surface area contributed by atoms with E-state index in [1.54, 1.807) is 6.92 Å². The Kier molecular flexibility index (Phi) is 11.1. The monoisotopic (exact) mass is 915 g/mol. The molecule has 5 heterocycles. The van der Waals surface area contributed by atoms with Gasteiger partial charge in [0.1, 0.15) is 40.1 Å². The second-order valence-electron chi connectivity index (χ2n) is 20.0. The van der Waals surface area contributed by atoms with Gasteiger partial charge in [-0.3, -0.25) is 9.58 Å². The molecule has 1 amide bonds. The zero-order valence-corrected chi connectivity index (χ0v) is 39.4. The number of amides is 1. The highest BCUT2D eigenvalue weighted by molar-refractivity contribution is 6.06. The van der Waals surface area contributed by atoms with E-state index in [2.05, 4.69) is 52.3 Å². The fourth-order valence-electron chi connectivity index (χ4n) is 11.0. The largest absolute Gasteiger partial charge is 0.505 e. The number of fused-ring (bicyclic) bond motifs is 4. The van der Waals surface area contributed by atoms with Crippen LogP contribution in [0.4, 0.5) is 15.0 Å². The van der Waals surface area contributed by atoms with Crippen LogP contribution in [0.25, 0.3) is 32.9 Å². The summed E-state index contributed by atoms with van der Waals surface area (Å²) in [6, 6.07) is 34.5. The number of aromatic nitrogens is 4. The summed E-state index contributed by atoms with van der Waals surface area (Å²) in [5.41, 5.74) is 4.62. The molecule has 1 saturated carbocycles. The Bertz CT molecular complexity index is 2910. The predicted molar refractivity (Wildman–Crippen MR) is 261 cm³/mol. The van der Waals surface area contributed by atoms with Crippen molar-refractivity contribution in [3.63, 3.8) is 0 Å². The van der Waals surface area contributed by atoms with Gasteiger partial charge in [-0.1, -0.05) is 91.0 Å². The second-order valence-corrected chi connectivity index (χ2v) is 20.0. The van der Waals surface area contributed by atoms with Gasteiger partial charge < -0.3 is 29.1 Å². The zero-order chi connectivity index (χ0) is 46.9. The molecule has 3 saturated heterocycles. The van der Waals surface area contributed by atoms with E-state index < -0.39 is 17.0 Å². The van der Waals surface area contributed by atoms with Crippen molar-refractivity contribution in [2.45, 2.75) is 89.1 Å². The highest BCUT2D eigenvalue weighted by Crippen LogP contribution is 2.54. The first-order chi connectivity index (χ1) is 32.9. The molecule has 11 rings (SSSR count). The number of phenolic OH excluding ortho intramolecular Hbond substituents is 1. The van der Waals surface area contributed by atoms with Gasteiger partial charge in [0, 0.05) is 66.9 Å². The van der Waals surface area contributed by atoms with Crippen LogP contribution in [-0.4, -0.2) is 110 Å². The van der Waals surface area contributed by atoms with Crippen LogP contribution in [0.5, 0.6) is 11.8 Å². The van der Waals surface area contributed by atoms with E-state index in [4.69, 9.17) is 29.3 Å². The minimum Gasteiger partial charge on any atom is -0.505 e. The van der Waals surface area contributed by atoms with Crippen LogP contribution in [0.3, 0.4) is 0 Å². The van der Waals surface area contributed by atoms with Crippen molar-refractivity contribution < 1.29 is 28.5 Å². The van der Waals surface area contributed by atoms with E-state index in [9.17, 15) is 9.90 Å². The molecule has 0 radical (unpaired) electrons. The Labute approximate surface area is 396 Å². The molecule has 4 fully saturated rings. The van der Waals surface area contributed by atoms with Crippen LogP contribution < -0.4 is 9.64 Å². The van der Waals surface area contributed by atoms with Gasteiger partial charge in [-0.05, 0) is 93.7 Å². The van der Waals surface area contributed by atoms with Crippen LogP contribution >= 0.6 is 0 Å². The molecule has 68 heavy (non-hydrogen) atoms. The van der Waals surface area contributed by atoms with E-state index in [0.29, 0.717) is 77.2 Å². The summed E-state index contributed by atoms with van der Waals surface area (Å²) in [5, 5.41) is 19.8. The van der Waals surface area contributed by atoms with E-state index in [1.807, 2.05) is 98.1 Å². The highest BCUT2D eigenvalue weighted by atomic mass is 19.1. The fourth-order valence-corrected chi connectivity index (χ4v) is 11.0. The fraction of sp³-hybridized carbons (Fsp3) is 0.382. The third kappa shape index (κ3) is 7.79. The van der Waals surface area contributed by atoms with Gasteiger partial charge in [-0.25, -0.2) is 9.18 Å². The number of rotatable bonds is 11. The van der Waals surface area contributed by atoms with Crippen LogP contribution in [0.1, 0.15) is 80.7 Å². The van der Waals surface area contributed by atoms with Gasteiger partial charge in [0.15, 0.2) is 0 Å². The molecular formula is C55H58FN7O5. The van der Waals surface area contributed by atoms with Gasteiger partial charge in [0.2, 0.25) is 0 Å². The number of nitrogens with zero attached hydrogens (tertiary/aromatic N) is 7. The number of piperazine rings is 1. The molecule has 12 nitrogen and oxygen atoms in total. The number of halogens is 1. The molecule has 0 unspecified atom stereocenters. The van der Waals surface area contributed by atoms with Crippen molar-refractivity contribution in [3.05, 3.63) is 143 Å². The maximum absolute atomic E-state index is 16.8. The first kappa shape index (κ1) is 44.0. The van der Waals surface area contributed by atoms with E-state index in [0.717, 1.165) is 54.6 Å². The van der Waals surface area contributed by atoms with Crippen molar-refractivity contribution in [1.82, 2.24) is 29.5 Å². The molecule has 4 aliphatic rings. The molecule has 350 valence electrons. The van der Waals surface area contributed by atoms with Gasteiger partial charge in [0.25, 0.3) is 0 Å². The molecule has 3 atom stereocenters. The van der Waals surface area contributed by atoms with Crippen LogP contribution in [-0.2, 0) is 15.0 Å². The topological polar surface area (TPSA) is 118 Å². The molecule has 1 aliphatic carbocycles. The average molecular weight is 916 g/mol. The normalized spacial score (nSPS) is 19.3. The first-order valence-corrected chi connectivity index (χ1v) is 24.0. The van der Waals surface area contributed by atoms with Gasteiger partial charge in [-0.2, -0.15) is 15.1 Å². The lowest BCUT2D eigenvalue weighted by molar-refractivity contribution is 0.0203. The Morgan fingerprint density at radius 2 is 1.49 bits per heavy atom. The van der Waals surface area contributed by atoms with Crippen molar-refractivity contribution in [2.75, 3.05) is 50.8 Å². The molecule has 0 spiro atoms. The van der Waals surface area contributed by atoms with E-state index >= 15 is 4.39 Å². The summed E-state index contributed by atoms with van der Waals surface area (Å²) in [4.78, 5) is 29.9. The van der Waals surface area contributed by atoms with Crippen molar-refractivity contribution in [1.29, 1.82) is 0 Å². The number of likely N-dealkylation sites (tertiary alicyclic amines) is 1. The number of hydrogen-bond acceptors (Lipinski definition) is 10. The van der Waals surface area contributed by atoms with Gasteiger partial charge >= 0.3 is 12.1 Å². The lowest BCUT2D eigenvalue weighted by Gasteiger charge is -2.36. The second kappa shape index (κ2) is 17.2. The number of morpholine rings is 1. The summed E-state index contributed by atoms with van der Waals surface area (Å²) in [5.74, 6) is 0.299. The number of phenols is 1.